The molecule has 0 saturated carbocycles. The van der Waals surface area contributed by atoms with Gasteiger partial charge in [-0.1, -0.05) is 37.5 Å². The van der Waals surface area contributed by atoms with E-state index in [1.165, 1.54) is 24.2 Å². The van der Waals surface area contributed by atoms with Crippen LogP contribution in [0.15, 0.2) is 0 Å². The van der Waals surface area contributed by atoms with E-state index in [1.54, 1.807) is 0 Å². The van der Waals surface area contributed by atoms with Crippen molar-refractivity contribution in [2.75, 3.05) is 17.6 Å². The molecule has 0 saturated heterocycles. The van der Waals surface area contributed by atoms with Crippen molar-refractivity contribution in [1.82, 2.24) is 10.3 Å². The molecule has 1 aromatic heterocycles. The maximum absolute atomic E-state index is 11.9. The number of rotatable bonds is 8. The molecule has 19 heavy (non-hydrogen) atoms. The molecule has 0 aromatic carbocycles. The first-order chi connectivity index (χ1) is 9.04. The van der Waals surface area contributed by atoms with Crippen LogP contribution in [-0.4, -0.2) is 23.5 Å². The second-order valence-corrected chi connectivity index (χ2v) is 5.85. The SMILES string of the molecule is CCCCCCNC(=O)c1sc(NC(C)C)nc1N. The van der Waals surface area contributed by atoms with E-state index in [1.807, 2.05) is 13.8 Å². The summed E-state index contributed by atoms with van der Waals surface area (Å²) in [4.78, 5) is 16.6. The highest BCUT2D eigenvalue weighted by molar-refractivity contribution is 7.18. The molecule has 0 radical (unpaired) electrons. The molecule has 0 bridgehead atoms. The van der Waals surface area contributed by atoms with E-state index in [2.05, 4.69) is 22.5 Å². The van der Waals surface area contributed by atoms with Gasteiger partial charge in [0.25, 0.3) is 5.91 Å². The molecule has 1 aromatic rings. The number of nitrogens with zero attached hydrogens (tertiary/aromatic N) is 1. The third kappa shape index (κ3) is 5.46. The van der Waals surface area contributed by atoms with Gasteiger partial charge in [0, 0.05) is 12.6 Å². The monoisotopic (exact) mass is 284 g/mol. The standard InChI is InChI=1S/C13H24N4OS/c1-4-5-6-7-8-15-12(18)10-11(14)17-13(19-10)16-9(2)3/h9H,4-8,14H2,1-3H3,(H,15,18)(H,16,17). The molecule has 0 atom stereocenters. The van der Waals surface area contributed by atoms with Crippen LogP contribution in [0.1, 0.15) is 56.1 Å². The fourth-order valence-electron chi connectivity index (χ4n) is 1.64. The number of hydrogen-bond acceptors (Lipinski definition) is 5. The van der Waals surface area contributed by atoms with Crippen molar-refractivity contribution < 1.29 is 4.79 Å². The third-order valence-electron chi connectivity index (χ3n) is 2.59. The minimum atomic E-state index is -0.122. The lowest BCUT2D eigenvalue weighted by Gasteiger charge is -2.04. The summed E-state index contributed by atoms with van der Waals surface area (Å²) >= 11 is 1.30. The fraction of sp³-hybridized carbons (Fsp3) is 0.692. The molecule has 108 valence electrons. The number of carbonyl (C=O) groups is 1. The summed E-state index contributed by atoms with van der Waals surface area (Å²) in [6, 6.07) is 0.274. The first-order valence-corrected chi connectivity index (χ1v) is 7.67. The predicted octanol–water partition coefficient (Wildman–Crippen LogP) is 2.86. The zero-order valence-electron chi connectivity index (χ0n) is 12.0. The van der Waals surface area contributed by atoms with Crippen molar-refractivity contribution in [3.63, 3.8) is 0 Å². The van der Waals surface area contributed by atoms with Gasteiger partial charge in [0.1, 0.15) is 10.7 Å². The highest BCUT2D eigenvalue weighted by atomic mass is 32.1. The summed E-state index contributed by atoms with van der Waals surface area (Å²) in [5, 5.41) is 6.74. The van der Waals surface area contributed by atoms with Crippen LogP contribution >= 0.6 is 11.3 Å². The summed E-state index contributed by atoms with van der Waals surface area (Å²) in [7, 11) is 0. The molecule has 1 rings (SSSR count). The fourth-order valence-corrected chi connectivity index (χ4v) is 2.58. The lowest BCUT2D eigenvalue weighted by molar-refractivity contribution is 0.0957. The molecule has 0 aliphatic rings. The molecule has 5 nitrogen and oxygen atoms in total. The van der Waals surface area contributed by atoms with Crippen LogP contribution in [0.4, 0.5) is 10.9 Å². The molecular weight excluding hydrogens is 260 g/mol. The van der Waals surface area contributed by atoms with Gasteiger partial charge in [-0.05, 0) is 20.3 Å². The van der Waals surface area contributed by atoms with Crippen LogP contribution in [0.25, 0.3) is 0 Å². The van der Waals surface area contributed by atoms with Crippen LogP contribution in [0.5, 0.6) is 0 Å². The van der Waals surface area contributed by atoms with Gasteiger partial charge < -0.3 is 16.4 Å². The van der Waals surface area contributed by atoms with Gasteiger partial charge in [-0.25, -0.2) is 4.98 Å². The second kappa shape index (κ2) is 7.99. The topological polar surface area (TPSA) is 80.0 Å². The van der Waals surface area contributed by atoms with Crippen LogP contribution in [0.3, 0.4) is 0 Å². The van der Waals surface area contributed by atoms with Crippen molar-refractivity contribution in [1.29, 1.82) is 0 Å². The number of unbranched alkanes of at least 4 members (excludes halogenated alkanes) is 3. The number of nitrogens with two attached hydrogens (primary N) is 1. The van der Waals surface area contributed by atoms with Gasteiger partial charge in [-0.2, -0.15) is 0 Å². The summed E-state index contributed by atoms with van der Waals surface area (Å²) in [5.41, 5.74) is 5.77. The molecule has 4 N–H and O–H groups in total. The van der Waals surface area contributed by atoms with E-state index >= 15 is 0 Å². The summed E-state index contributed by atoms with van der Waals surface area (Å²) in [6.45, 7) is 6.90. The molecule has 0 unspecified atom stereocenters. The second-order valence-electron chi connectivity index (χ2n) is 4.85. The Morgan fingerprint density at radius 3 is 2.74 bits per heavy atom. The van der Waals surface area contributed by atoms with E-state index in [0.29, 0.717) is 22.4 Å². The Morgan fingerprint density at radius 1 is 1.37 bits per heavy atom. The third-order valence-corrected chi connectivity index (χ3v) is 3.59. The van der Waals surface area contributed by atoms with Crippen LogP contribution in [0, 0.1) is 0 Å². The van der Waals surface area contributed by atoms with E-state index in [9.17, 15) is 4.79 Å². The number of anilines is 2. The molecule has 1 amide bonds. The normalized spacial score (nSPS) is 10.7. The van der Waals surface area contributed by atoms with E-state index < -0.39 is 0 Å². The smallest absolute Gasteiger partial charge is 0.265 e. The Bertz CT molecular complexity index is 403. The number of thiazole rings is 1. The Kier molecular flexibility index (Phi) is 6.62. The number of hydrogen-bond donors (Lipinski definition) is 3. The quantitative estimate of drug-likeness (QED) is 0.641. The average molecular weight is 284 g/mol. The van der Waals surface area contributed by atoms with Gasteiger partial charge in [0.15, 0.2) is 5.13 Å². The van der Waals surface area contributed by atoms with Gasteiger partial charge >= 0.3 is 0 Å². The maximum Gasteiger partial charge on any atom is 0.265 e. The van der Waals surface area contributed by atoms with Crippen molar-refractivity contribution in [2.45, 2.75) is 52.5 Å². The number of amides is 1. The number of aromatic nitrogens is 1. The molecular formula is C13H24N4OS. The zero-order chi connectivity index (χ0) is 14.3. The Labute approximate surface area is 119 Å². The molecule has 6 heteroatoms. The Balaban J connectivity index is 2.45. The van der Waals surface area contributed by atoms with Crippen molar-refractivity contribution >= 4 is 28.2 Å². The van der Waals surface area contributed by atoms with Gasteiger partial charge in [-0.3, -0.25) is 4.79 Å². The van der Waals surface area contributed by atoms with Crippen LogP contribution in [-0.2, 0) is 0 Å². The minimum Gasteiger partial charge on any atom is -0.382 e. The lowest BCUT2D eigenvalue weighted by atomic mass is 10.2. The molecule has 1 heterocycles. The minimum absolute atomic E-state index is 0.122. The highest BCUT2D eigenvalue weighted by Gasteiger charge is 2.15. The lowest BCUT2D eigenvalue weighted by Crippen LogP contribution is -2.24. The van der Waals surface area contributed by atoms with Crippen LogP contribution in [0.2, 0.25) is 0 Å². The average Bonchev–Trinajstić information content (AvgIpc) is 2.68. The molecule has 0 aliphatic carbocycles. The van der Waals surface area contributed by atoms with Gasteiger partial charge in [-0.15, -0.1) is 0 Å². The first-order valence-electron chi connectivity index (χ1n) is 6.85. The van der Waals surface area contributed by atoms with Gasteiger partial charge in [0.2, 0.25) is 0 Å². The molecule has 0 spiro atoms. The summed E-state index contributed by atoms with van der Waals surface area (Å²) in [5.74, 6) is 0.183. The largest absolute Gasteiger partial charge is 0.382 e. The summed E-state index contributed by atoms with van der Waals surface area (Å²) in [6.07, 6.45) is 4.56. The Morgan fingerprint density at radius 2 is 2.11 bits per heavy atom. The van der Waals surface area contributed by atoms with Crippen molar-refractivity contribution in [3.8, 4) is 0 Å². The highest BCUT2D eigenvalue weighted by Crippen LogP contribution is 2.25. The van der Waals surface area contributed by atoms with Crippen molar-refractivity contribution in [3.05, 3.63) is 4.88 Å². The molecule has 0 fully saturated rings. The number of carbonyl (C=O) groups excluding carboxylic acids is 1. The van der Waals surface area contributed by atoms with Gasteiger partial charge in [0.05, 0.1) is 0 Å². The van der Waals surface area contributed by atoms with E-state index in [-0.39, 0.29) is 11.9 Å². The molecule has 0 aliphatic heterocycles. The number of nitrogen functional groups attached to an aromatic ring is 1. The van der Waals surface area contributed by atoms with E-state index in [4.69, 9.17) is 5.73 Å². The predicted molar refractivity (Wildman–Crippen MR) is 81.8 cm³/mol. The number of nitrogens with one attached hydrogen (secondary N) is 2. The first kappa shape index (κ1) is 15.8. The van der Waals surface area contributed by atoms with Crippen LogP contribution < -0.4 is 16.4 Å². The maximum atomic E-state index is 11.9. The summed E-state index contributed by atoms with van der Waals surface area (Å²) < 4.78 is 0. The van der Waals surface area contributed by atoms with Crippen molar-refractivity contribution in [2.24, 2.45) is 0 Å². The van der Waals surface area contributed by atoms with E-state index in [0.717, 1.165) is 12.8 Å². The zero-order valence-corrected chi connectivity index (χ0v) is 12.8. The Hall–Kier alpha value is -1.30.